The minimum absolute atomic E-state index is 0.509. The summed E-state index contributed by atoms with van der Waals surface area (Å²) in [6.45, 7) is 13.1. The maximum atomic E-state index is 6.47. The summed E-state index contributed by atoms with van der Waals surface area (Å²) in [5.74, 6) is 0. The highest BCUT2D eigenvalue weighted by atomic mass is 35.5. The number of oxime groups is 1. The number of hydrogen-bond donors (Lipinski definition) is 0. The van der Waals surface area contributed by atoms with Crippen molar-refractivity contribution in [2.75, 3.05) is 13.7 Å². The van der Waals surface area contributed by atoms with Crippen molar-refractivity contribution < 1.29 is 4.84 Å². The zero-order valence-corrected chi connectivity index (χ0v) is 14.7. The van der Waals surface area contributed by atoms with Crippen LogP contribution in [0.1, 0.15) is 52.4 Å². The molecule has 0 N–H and O–H groups in total. The van der Waals surface area contributed by atoms with Crippen molar-refractivity contribution in [3.05, 3.63) is 16.4 Å². The van der Waals surface area contributed by atoms with Crippen LogP contribution in [0.2, 0.25) is 5.02 Å². The Morgan fingerprint density at radius 1 is 1.33 bits per heavy atom. The Morgan fingerprint density at radius 2 is 2.00 bits per heavy atom. The van der Waals surface area contributed by atoms with Crippen LogP contribution in [0.3, 0.4) is 0 Å². The van der Waals surface area contributed by atoms with Crippen LogP contribution in [-0.2, 0) is 17.9 Å². The summed E-state index contributed by atoms with van der Waals surface area (Å²) in [4.78, 5) is 7.21. The molecular weight excluding hydrogens is 288 g/mol. The Labute approximate surface area is 132 Å². The number of fused-ring (bicyclic) bond motifs is 1. The number of hydrogen-bond acceptors (Lipinski definition) is 4. The molecule has 6 heteroatoms. The van der Waals surface area contributed by atoms with E-state index in [1.165, 1.54) is 7.11 Å². The lowest BCUT2D eigenvalue weighted by molar-refractivity contribution is 0.213. The lowest BCUT2D eigenvalue weighted by Gasteiger charge is -2.23. The molecule has 2 heterocycles. The van der Waals surface area contributed by atoms with Gasteiger partial charge in [0.05, 0.1) is 10.7 Å². The molecule has 120 valence electrons. The van der Waals surface area contributed by atoms with Crippen LogP contribution in [0.5, 0.6) is 0 Å². The summed E-state index contributed by atoms with van der Waals surface area (Å²) in [5, 5.41) is 9.19. The number of nitrogens with zero attached hydrogens (tertiary/aromatic N) is 4. The highest BCUT2D eigenvalue weighted by Gasteiger charge is 2.24. The van der Waals surface area contributed by atoms with Gasteiger partial charge in [-0.1, -0.05) is 30.6 Å². The van der Waals surface area contributed by atoms with E-state index in [4.69, 9.17) is 16.4 Å². The Kier molecular flexibility index (Phi) is 7.18. The van der Waals surface area contributed by atoms with Gasteiger partial charge in [0, 0.05) is 25.7 Å². The molecule has 0 bridgehead atoms. The van der Waals surface area contributed by atoms with Gasteiger partial charge in [0.2, 0.25) is 0 Å². The molecule has 2 rings (SSSR count). The Bertz CT molecular complexity index is 482. The minimum Gasteiger partial charge on any atom is -0.399 e. The molecule has 1 aromatic rings. The molecule has 0 radical (unpaired) electrons. The van der Waals surface area contributed by atoms with Gasteiger partial charge < -0.3 is 4.84 Å². The smallest absolute Gasteiger partial charge is 0.129 e. The minimum atomic E-state index is 0.509. The number of halogens is 1. The van der Waals surface area contributed by atoms with Gasteiger partial charge in [0.1, 0.15) is 18.5 Å². The molecule has 21 heavy (non-hydrogen) atoms. The van der Waals surface area contributed by atoms with Gasteiger partial charge >= 0.3 is 0 Å². The van der Waals surface area contributed by atoms with Crippen molar-refractivity contribution in [2.45, 2.75) is 60.2 Å². The average Bonchev–Trinajstić information content (AvgIpc) is 2.65. The van der Waals surface area contributed by atoms with Gasteiger partial charge in [0.15, 0.2) is 0 Å². The van der Waals surface area contributed by atoms with Crippen molar-refractivity contribution in [1.82, 2.24) is 14.7 Å². The van der Waals surface area contributed by atoms with Crippen LogP contribution in [-0.4, -0.2) is 40.1 Å². The molecular formula is C15H27ClN4O. The molecule has 0 saturated heterocycles. The third-order valence-corrected chi connectivity index (χ3v) is 3.86. The standard InChI is InChI=1S/C13H21ClN4O.C2H6/c1-9(2)17-6-5-7-18-11(8-17)12(14)13(15-18)10(3)16-19-4;1-2/h9H,5-8H2,1-4H3;1-2H3/b16-10+;. The van der Waals surface area contributed by atoms with E-state index in [9.17, 15) is 0 Å². The summed E-state index contributed by atoms with van der Waals surface area (Å²) < 4.78 is 2.01. The van der Waals surface area contributed by atoms with E-state index < -0.39 is 0 Å². The first kappa shape index (κ1) is 18.0. The molecule has 0 spiro atoms. The van der Waals surface area contributed by atoms with Crippen molar-refractivity contribution in [3.63, 3.8) is 0 Å². The molecule has 1 aliphatic rings. The summed E-state index contributed by atoms with van der Waals surface area (Å²) in [5.41, 5.74) is 2.52. The van der Waals surface area contributed by atoms with Gasteiger partial charge in [-0.25, -0.2) is 0 Å². The van der Waals surface area contributed by atoms with Crippen LogP contribution >= 0.6 is 11.6 Å². The number of aromatic nitrogens is 2. The summed E-state index contributed by atoms with van der Waals surface area (Å²) >= 11 is 6.47. The van der Waals surface area contributed by atoms with Crippen LogP contribution in [0, 0.1) is 0 Å². The maximum absolute atomic E-state index is 6.47. The Morgan fingerprint density at radius 3 is 2.57 bits per heavy atom. The van der Waals surface area contributed by atoms with Crippen molar-refractivity contribution in [1.29, 1.82) is 0 Å². The highest BCUT2D eigenvalue weighted by molar-refractivity contribution is 6.34. The zero-order chi connectivity index (χ0) is 16.0. The molecule has 0 unspecified atom stereocenters. The quantitative estimate of drug-likeness (QED) is 0.633. The second kappa shape index (κ2) is 8.39. The molecule has 0 fully saturated rings. The Hall–Kier alpha value is -1.07. The molecule has 1 aliphatic heterocycles. The predicted octanol–water partition coefficient (Wildman–Crippen LogP) is 3.55. The van der Waals surface area contributed by atoms with E-state index in [0.29, 0.717) is 16.8 Å². The summed E-state index contributed by atoms with van der Waals surface area (Å²) in [7, 11) is 1.53. The normalized spacial score (nSPS) is 16.1. The van der Waals surface area contributed by atoms with E-state index in [0.717, 1.165) is 37.4 Å². The summed E-state index contributed by atoms with van der Waals surface area (Å²) in [6.07, 6.45) is 1.09. The van der Waals surface area contributed by atoms with Gasteiger partial charge in [-0.15, -0.1) is 0 Å². The van der Waals surface area contributed by atoms with Crippen LogP contribution in [0.25, 0.3) is 0 Å². The van der Waals surface area contributed by atoms with Crippen molar-refractivity contribution in [2.24, 2.45) is 5.16 Å². The molecule has 0 amide bonds. The van der Waals surface area contributed by atoms with Crippen LogP contribution in [0.4, 0.5) is 0 Å². The van der Waals surface area contributed by atoms with Gasteiger partial charge in [-0.2, -0.15) is 5.10 Å². The van der Waals surface area contributed by atoms with Gasteiger partial charge in [0.25, 0.3) is 0 Å². The SMILES string of the molecule is CC.CO/N=C(\C)c1nn2c(c1Cl)CN(C(C)C)CCC2. The molecule has 5 nitrogen and oxygen atoms in total. The average molecular weight is 315 g/mol. The fraction of sp³-hybridized carbons (Fsp3) is 0.733. The first-order chi connectivity index (χ1) is 10.0. The second-order valence-corrected chi connectivity index (χ2v) is 5.49. The zero-order valence-electron chi connectivity index (χ0n) is 14.0. The largest absolute Gasteiger partial charge is 0.399 e. The fourth-order valence-corrected chi connectivity index (χ4v) is 2.69. The van der Waals surface area contributed by atoms with Gasteiger partial charge in [-0.05, 0) is 27.2 Å². The first-order valence-corrected chi connectivity index (χ1v) is 7.99. The Balaban J connectivity index is 0.00000106. The fourth-order valence-electron chi connectivity index (χ4n) is 2.36. The van der Waals surface area contributed by atoms with Crippen LogP contribution in [0.15, 0.2) is 5.16 Å². The lowest BCUT2D eigenvalue weighted by atomic mass is 10.2. The summed E-state index contributed by atoms with van der Waals surface area (Å²) in [6, 6.07) is 0.509. The number of rotatable bonds is 3. The third-order valence-electron chi connectivity index (χ3n) is 3.46. The maximum Gasteiger partial charge on any atom is 0.129 e. The lowest BCUT2D eigenvalue weighted by Crippen LogP contribution is -2.30. The van der Waals surface area contributed by atoms with Gasteiger partial charge in [-0.3, -0.25) is 9.58 Å². The van der Waals surface area contributed by atoms with E-state index in [1.54, 1.807) is 0 Å². The number of aryl methyl sites for hydroxylation is 1. The predicted molar refractivity (Wildman–Crippen MR) is 88.0 cm³/mol. The van der Waals surface area contributed by atoms with E-state index in [-0.39, 0.29) is 0 Å². The van der Waals surface area contributed by atoms with E-state index in [1.807, 2.05) is 25.5 Å². The molecule has 1 aromatic heterocycles. The first-order valence-electron chi connectivity index (χ1n) is 7.62. The van der Waals surface area contributed by atoms with Crippen LogP contribution < -0.4 is 0 Å². The third kappa shape index (κ3) is 4.20. The molecule has 0 aromatic carbocycles. The molecule has 0 aliphatic carbocycles. The molecule has 0 atom stereocenters. The second-order valence-electron chi connectivity index (χ2n) is 5.11. The van der Waals surface area contributed by atoms with E-state index >= 15 is 0 Å². The van der Waals surface area contributed by atoms with Crippen molar-refractivity contribution >= 4 is 17.3 Å². The highest BCUT2D eigenvalue weighted by Crippen LogP contribution is 2.26. The monoisotopic (exact) mass is 314 g/mol. The van der Waals surface area contributed by atoms with E-state index in [2.05, 4.69) is 29.0 Å². The topological polar surface area (TPSA) is 42.7 Å². The van der Waals surface area contributed by atoms with Crippen molar-refractivity contribution in [3.8, 4) is 0 Å². The molecule has 0 saturated carbocycles.